The Kier molecular flexibility index (Phi) is 5.68. The molecule has 3 aromatic rings. The zero-order valence-electron chi connectivity index (χ0n) is 15.6. The van der Waals surface area contributed by atoms with Gasteiger partial charge in [-0.25, -0.2) is 0 Å². The molecule has 8 heteroatoms. The molecule has 1 atom stereocenters. The molecule has 7 nitrogen and oxygen atoms in total. The maximum absolute atomic E-state index is 13.3. The molecule has 1 aliphatic heterocycles. The lowest BCUT2D eigenvalue weighted by Gasteiger charge is -2.30. The summed E-state index contributed by atoms with van der Waals surface area (Å²) in [6.45, 7) is 4.35. The van der Waals surface area contributed by atoms with E-state index in [4.69, 9.17) is 4.74 Å². The molecule has 2 heterocycles. The van der Waals surface area contributed by atoms with Crippen molar-refractivity contribution in [2.24, 2.45) is 0 Å². The van der Waals surface area contributed by atoms with Crippen LogP contribution in [0.1, 0.15) is 16.4 Å². The van der Waals surface area contributed by atoms with Gasteiger partial charge >= 0.3 is 0 Å². The first kappa shape index (κ1) is 18.6. The highest BCUT2D eigenvalue weighted by molar-refractivity contribution is 8.00. The summed E-state index contributed by atoms with van der Waals surface area (Å²) in [6, 6.07) is 17.7. The standard InChI is InChI=1S/C20H21N5O2S/c1-15-7-5-6-10-17(15)25-20(21-22-23-25)28-18(16-8-3-2-4-9-16)19(26)24-11-13-27-14-12-24/h2-10,18H,11-14H2,1H3/t18-/m0/s1. The second-order valence-corrected chi connectivity index (χ2v) is 7.58. The van der Waals surface area contributed by atoms with Gasteiger partial charge in [-0.15, -0.1) is 5.10 Å². The van der Waals surface area contributed by atoms with Crippen LogP contribution in [0.25, 0.3) is 5.69 Å². The highest BCUT2D eigenvalue weighted by Crippen LogP contribution is 2.36. The van der Waals surface area contributed by atoms with Crippen LogP contribution in [0.15, 0.2) is 59.8 Å². The number of morpholine rings is 1. The summed E-state index contributed by atoms with van der Waals surface area (Å²) in [5.74, 6) is 0.0545. The first-order valence-corrected chi connectivity index (χ1v) is 10.0. The molecular weight excluding hydrogens is 374 g/mol. The number of amides is 1. The number of thioether (sulfide) groups is 1. The maximum atomic E-state index is 13.3. The lowest BCUT2D eigenvalue weighted by molar-refractivity contribution is -0.134. The number of ether oxygens (including phenoxy) is 1. The van der Waals surface area contributed by atoms with Crippen molar-refractivity contribution in [3.8, 4) is 5.69 Å². The lowest BCUT2D eigenvalue weighted by Crippen LogP contribution is -2.42. The number of rotatable bonds is 5. The number of tetrazole rings is 1. The molecule has 4 rings (SSSR count). The van der Waals surface area contributed by atoms with Gasteiger partial charge in [-0.3, -0.25) is 4.79 Å². The summed E-state index contributed by atoms with van der Waals surface area (Å²) in [6.07, 6.45) is 0. The molecule has 0 N–H and O–H groups in total. The summed E-state index contributed by atoms with van der Waals surface area (Å²) in [7, 11) is 0. The number of hydrogen-bond donors (Lipinski definition) is 0. The van der Waals surface area contributed by atoms with Crippen molar-refractivity contribution in [3.05, 3.63) is 65.7 Å². The Labute approximate surface area is 167 Å². The number of carbonyl (C=O) groups is 1. The van der Waals surface area contributed by atoms with E-state index in [2.05, 4.69) is 15.5 Å². The molecule has 0 radical (unpaired) electrons. The van der Waals surface area contributed by atoms with E-state index in [-0.39, 0.29) is 5.91 Å². The quantitative estimate of drug-likeness (QED) is 0.619. The summed E-state index contributed by atoms with van der Waals surface area (Å²) >= 11 is 1.38. The van der Waals surface area contributed by atoms with Crippen molar-refractivity contribution < 1.29 is 9.53 Å². The number of nitrogens with zero attached hydrogens (tertiary/aromatic N) is 5. The number of para-hydroxylation sites is 1. The van der Waals surface area contributed by atoms with E-state index in [1.165, 1.54) is 11.8 Å². The molecule has 0 unspecified atom stereocenters. The van der Waals surface area contributed by atoms with Crippen molar-refractivity contribution in [2.75, 3.05) is 26.3 Å². The minimum atomic E-state index is -0.423. The van der Waals surface area contributed by atoms with Crippen LogP contribution in [0.3, 0.4) is 0 Å². The molecular formula is C20H21N5O2S. The van der Waals surface area contributed by atoms with Crippen LogP contribution in [-0.4, -0.2) is 57.3 Å². The van der Waals surface area contributed by atoms with Crippen LogP contribution in [0.2, 0.25) is 0 Å². The number of aromatic nitrogens is 4. The van der Waals surface area contributed by atoms with Crippen molar-refractivity contribution in [1.82, 2.24) is 25.1 Å². The molecule has 0 saturated carbocycles. The predicted octanol–water partition coefficient (Wildman–Crippen LogP) is 2.66. The van der Waals surface area contributed by atoms with E-state index < -0.39 is 5.25 Å². The van der Waals surface area contributed by atoms with Gasteiger partial charge in [0, 0.05) is 13.1 Å². The number of hydrogen-bond acceptors (Lipinski definition) is 6. The molecule has 1 fully saturated rings. The third kappa shape index (κ3) is 3.93. The van der Waals surface area contributed by atoms with E-state index in [1.807, 2.05) is 66.4 Å². The minimum Gasteiger partial charge on any atom is -0.378 e. The van der Waals surface area contributed by atoms with Gasteiger partial charge in [0.05, 0.1) is 18.9 Å². The van der Waals surface area contributed by atoms with E-state index >= 15 is 0 Å². The third-order valence-electron chi connectivity index (χ3n) is 4.66. The van der Waals surface area contributed by atoms with E-state index in [9.17, 15) is 4.79 Å². The molecule has 0 aliphatic carbocycles. The monoisotopic (exact) mass is 395 g/mol. The van der Waals surface area contributed by atoms with Crippen LogP contribution < -0.4 is 0 Å². The summed E-state index contributed by atoms with van der Waals surface area (Å²) < 4.78 is 7.09. The highest BCUT2D eigenvalue weighted by atomic mass is 32.2. The van der Waals surface area contributed by atoms with Crippen molar-refractivity contribution >= 4 is 17.7 Å². The van der Waals surface area contributed by atoms with E-state index in [1.54, 1.807) is 4.68 Å². The Morgan fingerprint density at radius 3 is 2.54 bits per heavy atom. The van der Waals surface area contributed by atoms with Gasteiger partial charge in [0.2, 0.25) is 11.1 Å². The van der Waals surface area contributed by atoms with Gasteiger partial charge in [0.25, 0.3) is 0 Å². The average molecular weight is 395 g/mol. The summed E-state index contributed by atoms with van der Waals surface area (Å²) in [4.78, 5) is 15.2. The normalized spacial score (nSPS) is 15.4. The molecule has 28 heavy (non-hydrogen) atoms. The van der Waals surface area contributed by atoms with Crippen molar-refractivity contribution in [1.29, 1.82) is 0 Å². The van der Waals surface area contributed by atoms with Crippen LogP contribution >= 0.6 is 11.8 Å². The van der Waals surface area contributed by atoms with Crippen molar-refractivity contribution in [2.45, 2.75) is 17.3 Å². The van der Waals surface area contributed by atoms with Gasteiger partial charge in [0.15, 0.2) is 0 Å². The van der Waals surface area contributed by atoms with Gasteiger partial charge in [0.1, 0.15) is 5.25 Å². The molecule has 1 aliphatic rings. The molecule has 1 saturated heterocycles. The molecule has 2 aromatic carbocycles. The number of benzene rings is 2. The van der Waals surface area contributed by atoms with E-state index in [0.29, 0.717) is 31.5 Å². The number of aryl methyl sites for hydroxylation is 1. The smallest absolute Gasteiger partial charge is 0.240 e. The van der Waals surface area contributed by atoms with Gasteiger partial charge in [-0.1, -0.05) is 60.3 Å². The fraction of sp³-hybridized carbons (Fsp3) is 0.300. The zero-order valence-corrected chi connectivity index (χ0v) is 16.4. The molecule has 0 bridgehead atoms. The zero-order chi connectivity index (χ0) is 19.3. The fourth-order valence-corrected chi connectivity index (χ4v) is 4.22. The second kappa shape index (κ2) is 8.53. The Bertz CT molecular complexity index is 941. The second-order valence-electron chi connectivity index (χ2n) is 6.51. The first-order valence-electron chi connectivity index (χ1n) is 9.16. The van der Waals surface area contributed by atoms with Crippen LogP contribution in [0.5, 0.6) is 0 Å². The van der Waals surface area contributed by atoms with Gasteiger partial charge in [-0.05, 0) is 34.5 Å². The Hall–Kier alpha value is -2.71. The van der Waals surface area contributed by atoms with Gasteiger partial charge in [-0.2, -0.15) is 4.68 Å². The Morgan fingerprint density at radius 1 is 1.07 bits per heavy atom. The fourth-order valence-electron chi connectivity index (χ4n) is 3.15. The Balaban J connectivity index is 1.67. The lowest BCUT2D eigenvalue weighted by atomic mass is 10.1. The molecule has 0 spiro atoms. The van der Waals surface area contributed by atoms with Crippen molar-refractivity contribution in [3.63, 3.8) is 0 Å². The minimum absolute atomic E-state index is 0.0545. The number of carbonyl (C=O) groups excluding carboxylic acids is 1. The highest BCUT2D eigenvalue weighted by Gasteiger charge is 2.30. The van der Waals surface area contributed by atoms with Gasteiger partial charge < -0.3 is 9.64 Å². The summed E-state index contributed by atoms with van der Waals surface area (Å²) in [5.41, 5.74) is 2.90. The molecule has 1 amide bonds. The average Bonchev–Trinajstić information content (AvgIpc) is 3.21. The molecule has 144 valence electrons. The molecule has 1 aromatic heterocycles. The van der Waals surface area contributed by atoms with Crippen LogP contribution in [-0.2, 0) is 9.53 Å². The van der Waals surface area contributed by atoms with E-state index in [0.717, 1.165) is 16.8 Å². The first-order chi connectivity index (χ1) is 13.7. The summed E-state index contributed by atoms with van der Waals surface area (Å²) in [5, 5.41) is 12.4. The van der Waals surface area contributed by atoms with Crippen LogP contribution in [0, 0.1) is 6.92 Å². The Morgan fingerprint density at radius 2 is 1.79 bits per heavy atom. The predicted molar refractivity (Wildman–Crippen MR) is 106 cm³/mol. The maximum Gasteiger partial charge on any atom is 0.240 e. The topological polar surface area (TPSA) is 73.1 Å². The largest absolute Gasteiger partial charge is 0.378 e. The van der Waals surface area contributed by atoms with Crippen LogP contribution in [0.4, 0.5) is 0 Å². The third-order valence-corrected chi connectivity index (χ3v) is 5.83. The SMILES string of the molecule is Cc1ccccc1-n1nnnc1S[C@H](C(=O)N1CCOCC1)c1ccccc1.